The number of carbonyl (C=O) groups excluding carboxylic acids is 2. The first kappa shape index (κ1) is 77.6. The lowest BCUT2D eigenvalue weighted by molar-refractivity contribution is -0.143. The van der Waals surface area contributed by atoms with E-state index in [0.717, 1.165) is 38.5 Å². The van der Waals surface area contributed by atoms with Crippen LogP contribution in [0.4, 0.5) is 0 Å². The number of esters is 1. The Morgan fingerprint density at radius 3 is 0.861 bits per heavy atom. The largest absolute Gasteiger partial charge is 0.466 e. The molecule has 0 spiro atoms. The van der Waals surface area contributed by atoms with Gasteiger partial charge >= 0.3 is 5.97 Å². The molecular formula is C73H143NO5. The Morgan fingerprint density at radius 1 is 0.342 bits per heavy atom. The summed E-state index contributed by atoms with van der Waals surface area (Å²) in [5, 5.41) is 23.3. The van der Waals surface area contributed by atoms with E-state index in [2.05, 4.69) is 19.2 Å². The average molecular weight is 1110 g/mol. The van der Waals surface area contributed by atoms with E-state index >= 15 is 0 Å². The van der Waals surface area contributed by atoms with Gasteiger partial charge in [0, 0.05) is 12.8 Å². The summed E-state index contributed by atoms with van der Waals surface area (Å²) in [6.45, 7) is 4.96. The maximum absolute atomic E-state index is 12.5. The van der Waals surface area contributed by atoms with Crippen molar-refractivity contribution in [2.45, 2.75) is 431 Å². The van der Waals surface area contributed by atoms with Crippen molar-refractivity contribution < 1.29 is 24.5 Å². The van der Waals surface area contributed by atoms with E-state index < -0.39 is 12.1 Å². The molecule has 0 fully saturated rings. The third-order valence-electron chi connectivity index (χ3n) is 17.3. The fraction of sp³-hybridized carbons (Fsp3) is 0.945. The highest BCUT2D eigenvalue weighted by atomic mass is 16.5. The molecule has 3 N–H and O–H groups in total. The second kappa shape index (κ2) is 69.1. The molecule has 0 radical (unpaired) electrons. The molecule has 2 unspecified atom stereocenters. The molecule has 0 saturated heterocycles. The second-order valence-electron chi connectivity index (χ2n) is 25.3. The number of allylic oxidation sites excluding steroid dienone is 1. The van der Waals surface area contributed by atoms with Crippen LogP contribution in [-0.2, 0) is 14.3 Å². The Labute approximate surface area is 495 Å². The number of amides is 1. The van der Waals surface area contributed by atoms with Crippen LogP contribution in [0.2, 0.25) is 0 Å². The molecule has 2 atom stereocenters. The monoisotopic (exact) mass is 1110 g/mol. The number of unbranched alkanes of at least 4 members (excludes halogenated alkanes) is 58. The number of rotatable bonds is 69. The fourth-order valence-electron chi connectivity index (χ4n) is 11.8. The van der Waals surface area contributed by atoms with E-state index in [1.807, 2.05) is 6.08 Å². The molecule has 0 bridgehead atoms. The van der Waals surface area contributed by atoms with Crippen LogP contribution in [-0.4, -0.2) is 47.4 Å². The van der Waals surface area contributed by atoms with E-state index in [1.165, 1.54) is 353 Å². The summed E-state index contributed by atoms with van der Waals surface area (Å²) in [6, 6.07) is -0.627. The number of ether oxygens (including phenoxy) is 1. The first-order valence-electron chi connectivity index (χ1n) is 36.5. The fourth-order valence-corrected chi connectivity index (χ4v) is 11.8. The molecular weight excluding hydrogens is 971 g/mol. The van der Waals surface area contributed by atoms with Crippen molar-refractivity contribution in [3.63, 3.8) is 0 Å². The lowest BCUT2D eigenvalue weighted by atomic mass is 10.0. The highest BCUT2D eigenvalue weighted by molar-refractivity contribution is 5.76. The van der Waals surface area contributed by atoms with Crippen LogP contribution in [0, 0.1) is 0 Å². The standard InChI is InChI=1S/C73H143NO5/c1-3-5-7-9-11-13-15-17-19-21-22-28-31-34-37-41-45-49-53-57-61-65-71(76)70(69-75)74-72(77)66-62-58-54-50-46-42-38-35-32-29-26-24-23-25-27-30-33-36-40-44-48-52-56-60-64-68-79-73(78)67-63-59-55-51-47-43-39-20-18-16-14-12-10-8-6-4-2/h61,65,70-71,75-76H,3-60,62-64,66-69H2,1-2H3,(H,74,77)/b65-61+. The molecule has 0 aromatic heterocycles. The molecule has 0 aliphatic carbocycles. The third-order valence-corrected chi connectivity index (χ3v) is 17.3. The normalized spacial score (nSPS) is 12.5. The van der Waals surface area contributed by atoms with Gasteiger partial charge in [0.2, 0.25) is 5.91 Å². The van der Waals surface area contributed by atoms with Gasteiger partial charge in [0.1, 0.15) is 0 Å². The highest BCUT2D eigenvalue weighted by Crippen LogP contribution is 2.19. The first-order chi connectivity index (χ1) is 39.0. The van der Waals surface area contributed by atoms with E-state index in [1.54, 1.807) is 6.08 Å². The minimum absolute atomic E-state index is 0.0206. The first-order valence-corrected chi connectivity index (χ1v) is 36.5. The van der Waals surface area contributed by atoms with Crippen LogP contribution in [0.3, 0.4) is 0 Å². The van der Waals surface area contributed by atoms with Crippen LogP contribution < -0.4 is 5.32 Å². The van der Waals surface area contributed by atoms with Gasteiger partial charge in [-0.3, -0.25) is 9.59 Å². The highest BCUT2D eigenvalue weighted by Gasteiger charge is 2.18. The van der Waals surface area contributed by atoms with E-state index in [9.17, 15) is 19.8 Å². The van der Waals surface area contributed by atoms with Gasteiger partial charge in [0.25, 0.3) is 0 Å². The molecule has 0 aliphatic rings. The quantitative estimate of drug-likeness (QED) is 0.0320. The number of aliphatic hydroxyl groups is 2. The number of aliphatic hydroxyl groups excluding tert-OH is 2. The third kappa shape index (κ3) is 65.6. The topological polar surface area (TPSA) is 95.9 Å². The minimum atomic E-state index is -0.844. The molecule has 0 heterocycles. The summed E-state index contributed by atoms with van der Waals surface area (Å²) >= 11 is 0. The molecule has 79 heavy (non-hydrogen) atoms. The van der Waals surface area contributed by atoms with Crippen LogP contribution in [0.25, 0.3) is 0 Å². The molecule has 6 nitrogen and oxygen atoms in total. The van der Waals surface area contributed by atoms with Gasteiger partial charge < -0.3 is 20.3 Å². The molecule has 470 valence electrons. The molecule has 0 aromatic rings. The lowest BCUT2D eigenvalue weighted by Crippen LogP contribution is -2.45. The predicted octanol–water partition coefficient (Wildman–Crippen LogP) is 23.5. The molecule has 0 aliphatic heterocycles. The van der Waals surface area contributed by atoms with Crippen molar-refractivity contribution in [3.8, 4) is 0 Å². The van der Waals surface area contributed by atoms with E-state index in [0.29, 0.717) is 19.4 Å². The van der Waals surface area contributed by atoms with Crippen LogP contribution in [0.1, 0.15) is 418 Å². The summed E-state index contributed by atoms with van der Waals surface area (Å²) in [4.78, 5) is 24.6. The van der Waals surface area contributed by atoms with E-state index in [4.69, 9.17) is 4.74 Å². The number of hydrogen-bond donors (Lipinski definition) is 3. The summed E-state index contributed by atoms with van der Waals surface area (Å²) in [7, 11) is 0. The maximum atomic E-state index is 12.5. The van der Waals surface area contributed by atoms with Crippen LogP contribution in [0.5, 0.6) is 0 Å². The van der Waals surface area contributed by atoms with Gasteiger partial charge in [-0.1, -0.05) is 386 Å². The zero-order valence-corrected chi connectivity index (χ0v) is 53.9. The molecule has 6 heteroatoms. The van der Waals surface area contributed by atoms with Gasteiger partial charge in [-0.15, -0.1) is 0 Å². The van der Waals surface area contributed by atoms with Gasteiger partial charge in [-0.05, 0) is 32.1 Å². The summed E-state index contributed by atoms with van der Waals surface area (Å²) < 4.78 is 5.51. The minimum Gasteiger partial charge on any atom is -0.466 e. The Kier molecular flexibility index (Phi) is 67.9. The molecule has 0 saturated carbocycles. The van der Waals surface area contributed by atoms with E-state index in [-0.39, 0.29) is 18.5 Å². The Bertz CT molecular complexity index is 1190. The zero-order chi connectivity index (χ0) is 57.1. The molecule has 1 amide bonds. The Hall–Kier alpha value is -1.40. The zero-order valence-electron chi connectivity index (χ0n) is 53.9. The van der Waals surface area contributed by atoms with Crippen molar-refractivity contribution >= 4 is 11.9 Å². The van der Waals surface area contributed by atoms with Crippen molar-refractivity contribution in [3.05, 3.63) is 12.2 Å². The van der Waals surface area contributed by atoms with Crippen molar-refractivity contribution in [2.24, 2.45) is 0 Å². The van der Waals surface area contributed by atoms with Crippen LogP contribution >= 0.6 is 0 Å². The maximum Gasteiger partial charge on any atom is 0.305 e. The van der Waals surface area contributed by atoms with Crippen molar-refractivity contribution in [1.82, 2.24) is 5.32 Å². The van der Waals surface area contributed by atoms with Crippen molar-refractivity contribution in [1.29, 1.82) is 0 Å². The second-order valence-corrected chi connectivity index (χ2v) is 25.3. The Balaban J connectivity index is 3.37. The molecule has 0 aromatic carbocycles. The van der Waals surface area contributed by atoms with Gasteiger partial charge in [-0.2, -0.15) is 0 Å². The van der Waals surface area contributed by atoms with Gasteiger partial charge in [0.05, 0.1) is 25.4 Å². The predicted molar refractivity (Wildman–Crippen MR) is 347 cm³/mol. The SMILES string of the molecule is CCCCCCCCCCCCCCCCCCCCC/C=C/C(O)C(CO)NC(=O)CCCCCCCCCCCCCCCCCCCCCCCCCCCOC(=O)CCCCCCCCCCCCCCCCCC. The number of hydrogen-bond acceptors (Lipinski definition) is 5. The smallest absolute Gasteiger partial charge is 0.305 e. The van der Waals surface area contributed by atoms with Gasteiger partial charge in [-0.25, -0.2) is 0 Å². The van der Waals surface area contributed by atoms with Crippen molar-refractivity contribution in [2.75, 3.05) is 13.2 Å². The van der Waals surface area contributed by atoms with Gasteiger partial charge in [0.15, 0.2) is 0 Å². The number of nitrogens with one attached hydrogen (secondary N) is 1. The lowest BCUT2D eigenvalue weighted by Gasteiger charge is -2.20. The molecule has 0 rings (SSSR count). The van der Waals surface area contributed by atoms with Crippen LogP contribution in [0.15, 0.2) is 12.2 Å². The average Bonchev–Trinajstić information content (AvgIpc) is 3.45. The summed E-state index contributed by atoms with van der Waals surface area (Å²) in [5.41, 5.74) is 0. The summed E-state index contributed by atoms with van der Waals surface area (Å²) in [6.07, 6.45) is 85.8. The number of carbonyl (C=O) groups is 2. The Morgan fingerprint density at radius 2 is 0.582 bits per heavy atom. The summed E-state index contributed by atoms with van der Waals surface area (Å²) in [5.74, 6) is -0.0408.